The average Bonchev–Trinajstić information content (AvgIpc) is 2.79. The average molecular weight is 417 g/mol. The van der Waals surface area contributed by atoms with E-state index in [-0.39, 0.29) is 6.61 Å². The van der Waals surface area contributed by atoms with Gasteiger partial charge < -0.3 is 29.5 Å². The molecule has 6 nitrogen and oxygen atoms in total. The zero-order valence-electron chi connectivity index (χ0n) is 18.7. The lowest BCUT2D eigenvalue weighted by atomic mass is 10.1. The first-order valence-electron chi connectivity index (χ1n) is 10.6. The molecule has 0 amide bonds. The van der Waals surface area contributed by atoms with Crippen LogP contribution in [-0.2, 0) is 13.0 Å². The molecule has 0 fully saturated rings. The van der Waals surface area contributed by atoms with E-state index in [1.807, 2.05) is 30.3 Å². The van der Waals surface area contributed by atoms with Gasteiger partial charge in [0.05, 0.1) is 14.2 Å². The topological polar surface area (TPSA) is 63.2 Å². The number of nitrogens with one attached hydrogen (secondary N) is 1. The van der Waals surface area contributed by atoms with E-state index in [9.17, 15) is 5.11 Å². The molecule has 0 heterocycles. The summed E-state index contributed by atoms with van der Waals surface area (Å²) < 4.78 is 16.6. The normalized spacial score (nSPS) is 12.1. The summed E-state index contributed by atoms with van der Waals surface area (Å²) in [5.74, 6) is 2.21. The maximum atomic E-state index is 10.2. The molecule has 30 heavy (non-hydrogen) atoms. The van der Waals surface area contributed by atoms with Crippen molar-refractivity contribution in [2.24, 2.45) is 0 Å². The molecule has 166 valence electrons. The summed E-state index contributed by atoms with van der Waals surface area (Å²) in [6.07, 6.45) is 0.396. The van der Waals surface area contributed by atoms with Crippen molar-refractivity contribution in [3.8, 4) is 17.2 Å². The Morgan fingerprint density at radius 2 is 1.77 bits per heavy atom. The number of ether oxygens (including phenoxy) is 3. The fourth-order valence-corrected chi connectivity index (χ4v) is 3.25. The van der Waals surface area contributed by atoms with Crippen molar-refractivity contribution in [1.29, 1.82) is 0 Å². The van der Waals surface area contributed by atoms with E-state index >= 15 is 0 Å². The van der Waals surface area contributed by atoms with Crippen LogP contribution in [0.5, 0.6) is 17.2 Å². The summed E-state index contributed by atoms with van der Waals surface area (Å²) in [5, 5.41) is 13.7. The lowest BCUT2D eigenvalue weighted by Gasteiger charge is -2.22. The van der Waals surface area contributed by atoms with E-state index in [0.29, 0.717) is 18.0 Å². The largest absolute Gasteiger partial charge is 0.497 e. The first kappa shape index (κ1) is 24.0. The molecule has 0 aromatic heterocycles. The Morgan fingerprint density at radius 3 is 2.47 bits per heavy atom. The Labute approximate surface area is 180 Å². The van der Waals surface area contributed by atoms with Gasteiger partial charge in [-0.05, 0) is 61.4 Å². The van der Waals surface area contributed by atoms with Gasteiger partial charge in [0.15, 0.2) is 11.5 Å². The monoisotopic (exact) mass is 416 g/mol. The molecule has 0 saturated heterocycles. The Morgan fingerprint density at radius 1 is 0.967 bits per heavy atom. The molecular weight excluding hydrogens is 380 g/mol. The second-order valence-electron chi connectivity index (χ2n) is 7.21. The van der Waals surface area contributed by atoms with Crippen LogP contribution < -0.4 is 19.5 Å². The van der Waals surface area contributed by atoms with Crippen molar-refractivity contribution < 1.29 is 19.3 Å². The van der Waals surface area contributed by atoms with E-state index in [1.54, 1.807) is 14.2 Å². The van der Waals surface area contributed by atoms with Gasteiger partial charge in [-0.15, -0.1) is 0 Å². The fourth-order valence-electron chi connectivity index (χ4n) is 3.25. The van der Waals surface area contributed by atoms with Gasteiger partial charge in [0.2, 0.25) is 0 Å². The lowest BCUT2D eigenvalue weighted by molar-refractivity contribution is 0.0705. The minimum atomic E-state index is -0.535. The summed E-state index contributed by atoms with van der Waals surface area (Å²) >= 11 is 0. The third-order valence-electron chi connectivity index (χ3n) is 5.08. The number of nitrogens with zero attached hydrogens (tertiary/aromatic N) is 1. The van der Waals surface area contributed by atoms with Crippen LogP contribution in [0, 0.1) is 0 Å². The van der Waals surface area contributed by atoms with Crippen molar-refractivity contribution in [1.82, 2.24) is 10.2 Å². The molecule has 0 radical (unpaired) electrons. The predicted octanol–water partition coefficient (Wildman–Crippen LogP) is 3.12. The van der Waals surface area contributed by atoms with E-state index in [1.165, 1.54) is 5.56 Å². The Hall–Kier alpha value is -2.28. The Kier molecular flexibility index (Phi) is 10.5. The van der Waals surface area contributed by atoms with Crippen molar-refractivity contribution in [2.45, 2.75) is 32.9 Å². The van der Waals surface area contributed by atoms with Crippen LogP contribution in [0.2, 0.25) is 0 Å². The van der Waals surface area contributed by atoms with Crippen LogP contribution in [0.3, 0.4) is 0 Å². The molecule has 0 aliphatic rings. The number of benzene rings is 2. The highest BCUT2D eigenvalue weighted by molar-refractivity contribution is 5.43. The number of aliphatic hydroxyl groups excluding tert-OH is 1. The highest BCUT2D eigenvalue weighted by Gasteiger charge is 2.12. The fraction of sp³-hybridized carbons (Fsp3) is 0.500. The summed E-state index contributed by atoms with van der Waals surface area (Å²) in [4.78, 5) is 2.17. The summed E-state index contributed by atoms with van der Waals surface area (Å²) in [7, 11) is 3.32. The number of methoxy groups -OCH3 is 2. The maximum Gasteiger partial charge on any atom is 0.161 e. The molecule has 0 saturated carbocycles. The number of hydrogen-bond donors (Lipinski definition) is 2. The van der Waals surface area contributed by atoms with Gasteiger partial charge in [-0.1, -0.05) is 32.0 Å². The van der Waals surface area contributed by atoms with Crippen LogP contribution in [0.25, 0.3) is 0 Å². The van der Waals surface area contributed by atoms with Gasteiger partial charge in [0.25, 0.3) is 0 Å². The molecule has 0 aliphatic carbocycles. The van der Waals surface area contributed by atoms with Gasteiger partial charge in [-0.25, -0.2) is 0 Å². The van der Waals surface area contributed by atoms with E-state index < -0.39 is 6.10 Å². The number of aliphatic hydroxyl groups is 1. The molecule has 2 N–H and O–H groups in total. The summed E-state index contributed by atoms with van der Waals surface area (Å²) in [6, 6.07) is 14.0. The second kappa shape index (κ2) is 13.1. The van der Waals surface area contributed by atoms with Crippen molar-refractivity contribution in [3.05, 3.63) is 53.6 Å². The predicted molar refractivity (Wildman–Crippen MR) is 121 cm³/mol. The van der Waals surface area contributed by atoms with Crippen LogP contribution in [0.1, 0.15) is 25.0 Å². The second-order valence-corrected chi connectivity index (χ2v) is 7.21. The molecular formula is C24H36N2O4. The minimum Gasteiger partial charge on any atom is -0.497 e. The van der Waals surface area contributed by atoms with Crippen LogP contribution in [-0.4, -0.2) is 63.1 Å². The van der Waals surface area contributed by atoms with Crippen molar-refractivity contribution >= 4 is 0 Å². The summed E-state index contributed by atoms with van der Waals surface area (Å²) in [6.45, 7) is 8.45. The molecule has 2 aromatic carbocycles. The van der Waals surface area contributed by atoms with Crippen LogP contribution in [0.4, 0.5) is 0 Å². The molecule has 0 spiro atoms. The highest BCUT2D eigenvalue weighted by Crippen LogP contribution is 2.28. The minimum absolute atomic E-state index is 0.241. The molecule has 1 atom stereocenters. The number of rotatable bonds is 14. The maximum absolute atomic E-state index is 10.2. The van der Waals surface area contributed by atoms with Gasteiger partial charge in [0.1, 0.15) is 18.5 Å². The van der Waals surface area contributed by atoms with Gasteiger partial charge in [0, 0.05) is 13.1 Å². The standard InChI is InChI=1S/C24H36N2O4/c1-5-26(6-2)17-21(27)18-30-23-11-10-20(15-24(23)29-4)16-25-13-12-19-8-7-9-22(14-19)28-3/h7-11,14-15,21,25,27H,5-6,12-13,16-18H2,1-4H3. The molecule has 2 aromatic rings. The third kappa shape index (κ3) is 7.86. The van der Waals surface area contributed by atoms with Gasteiger partial charge >= 0.3 is 0 Å². The molecule has 2 rings (SSSR count). The van der Waals surface area contributed by atoms with Crippen LogP contribution in [0.15, 0.2) is 42.5 Å². The molecule has 1 unspecified atom stereocenters. The Bertz CT molecular complexity index is 750. The molecule has 6 heteroatoms. The zero-order chi connectivity index (χ0) is 21.8. The number of hydrogen-bond acceptors (Lipinski definition) is 6. The first-order valence-corrected chi connectivity index (χ1v) is 10.6. The Balaban J connectivity index is 1.81. The van der Waals surface area contributed by atoms with Gasteiger partial charge in [-0.3, -0.25) is 0 Å². The summed E-state index contributed by atoms with van der Waals surface area (Å²) in [5.41, 5.74) is 2.36. The third-order valence-corrected chi connectivity index (χ3v) is 5.08. The van der Waals surface area contributed by atoms with Crippen molar-refractivity contribution in [2.75, 3.05) is 47.0 Å². The SMILES string of the molecule is CCN(CC)CC(O)COc1ccc(CNCCc2cccc(OC)c2)cc1OC. The van der Waals surface area contributed by atoms with E-state index in [2.05, 4.69) is 36.2 Å². The quantitative estimate of drug-likeness (QED) is 0.462. The lowest BCUT2D eigenvalue weighted by Crippen LogP contribution is -2.35. The van der Waals surface area contributed by atoms with E-state index in [0.717, 1.165) is 43.9 Å². The molecule has 0 aliphatic heterocycles. The van der Waals surface area contributed by atoms with E-state index in [4.69, 9.17) is 14.2 Å². The van der Waals surface area contributed by atoms with Crippen LogP contribution >= 0.6 is 0 Å². The highest BCUT2D eigenvalue weighted by atomic mass is 16.5. The zero-order valence-corrected chi connectivity index (χ0v) is 18.7. The molecule has 0 bridgehead atoms. The first-order chi connectivity index (χ1) is 14.6. The number of likely N-dealkylation sites (N-methyl/N-ethyl adjacent to an activating group) is 1. The smallest absolute Gasteiger partial charge is 0.161 e. The van der Waals surface area contributed by atoms with Gasteiger partial charge in [-0.2, -0.15) is 0 Å². The van der Waals surface area contributed by atoms with Crippen molar-refractivity contribution in [3.63, 3.8) is 0 Å².